The maximum Gasteiger partial charge on any atom is 0.156 e. The lowest BCUT2D eigenvalue weighted by molar-refractivity contribution is -0.131. The fourth-order valence-corrected chi connectivity index (χ4v) is 2.63. The number of nitrogens with zero attached hydrogens (tertiary/aromatic N) is 1. The van der Waals surface area contributed by atoms with Gasteiger partial charge < -0.3 is 10.7 Å². The molecule has 5 nitrogen and oxygen atoms in total. The van der Waals surface area contributed by atoms with Crippen LogP contribution in [0.25, 0.3) is 0 Å². The number of carbonyl (C=O) groups excluding carboxylic acids is 1. The Hall–Kier alpha value is -1.20. The van der Waals surface area contributed by atoms with Crippen molar-refractivity contribution in [1.82, 2.24) is 15.3 Å². The monoisotopic (exact) mass is 308 g/mol. The molecular weight excluding hydrogens is 276 g/mol. The highest BCUT2D eigenvalue weighted by Crippen LogP contribution is 2.29. The van der Waals surface area contributed by atoms with Crippen molar-refractivity contribution in [2.24, 2.45) is 11.1 Å². The first-order valence-electron chi connectivity index (χ1n) is 8.43. The minimum atomic E-state index is -0.519. The first kappa shape index (κ1) is 18.8. The van der Waals surface area contributed by atoms with Gasteiger partial charge in [-0.05, 0) is 25.7 Å². The Kier molecular flexibility index (Phi) is 6.75. The predicted molar refractivity (Wildman–Crippen MR) is 90.4 cm³/mol. The molecule has 0 saturated carbocycles. The number of aromatic amines is 1. The first-order valence-corrected chi connectivity index (χ1v) is 8.43. The summed E-state index contributed by atoms with van der Waals surface area (Å²) in [5, 5.41) is 3.41. The lowest BCUT2D eigenvalue weighted by Gasteiger charge is -2.36. The summed E-state index contributed by atoms with van der Waals surface area (Å²) in [6, 6.07) is -0.319. The van der Waals surface area contributed by atoms with Gasteiger partial charge in [0, 0.05) is 24.2 Å². The van der Waals surface area contributed by atoms with Crippen LogP contribution in [0.3, 0.4) is 0 Å². The van der Waals surface area contributed by atoms with Gasteiger partial charge in [-0.3, -0.25) is 10.1 Å². The minimum absolute atomic E-state index is 0.227. The summed E-state index contributed by atoms with van der Waals surface area (Å²) >= 11 is 0. The molecule has 1 aromatic heterocycles. The number of rotatable bonds is 10. The predicted octanol–water partition coefficient (Wildman–Crippen LogP) is 2.78. The quantitative estimate of drug-likeness (QED) is 0.580. The molecule has 0 saturated heterocycles. The molecule has 1 atom stereocenters. The molecule has 0 fully saturated rings. The molecule has 0 radical (unpaired) electrons. The Morgan fingerprint density at radius 3 is 2.27 bits per heavy atom. The highest BCUT2D eigenvalue weighted by atomic mass is 16.1. The molecule has 5 heteroatoms. The third-order valence-electron chi connectivity index (χ3n) is 5.15. The van der Waals surface area contributed by atoms with Gasteiger partial charge in [0.1, 0.15) is 5.82 Å². The number of Topliss-reactive ketones (excluding diaryl/α,β-unsaturated/α-hetero) is 1. The van der Waals surface area contributed by atoms with Crippen molar-refractivity contribution >= 4 is 5.78 Å². The Morgan fingerprint density at radius 1 is 1.27 bits per heavy atom. The van der Waals surface area contributed by atoms with E-state index in [9.17, 15) is 4.79 Å². The molecule has 0 aliphatic carbocycles. The van der Waals surface area contributed by atoms with Crippen molar-refractivity contribution in [1.29, 1.82) is 0 Å². The van der Waals surface area contributed by atoms with Gasteiger partial charge >= 0.3 is 0 Å². The molecule has 0 spiro atoms. The Balaban J connectivity index is 3.02. The van der Waals surface area contributed by atoms with Gasteiger partial charge in [-0.15, -0.1) is 0 Å². The summed E-state index contributed by atoms with van der Waals surface area (Å²) in [5.41, 5.74) is 5.55. The smallest absolute Gasteiger partial charge is 0.156 e. The van der Waals surface area contributed by atoms with E-state index in [1.54, 1.807) is 12.4 Å². The summed E-state index contributed by atoms with van der Waals surface area (Å²) in [4.78, 5) is 20.5. The molecule has 4 N–H and O–H groups in total. The molecule has 0 aromatic carbocycles. The normalized spacial score (nSPS) is 14.1. The van der Waals surface area contributed by atoms with Crippen LogP contribution in [0.4, 0.5) is 0 Å². The average Bonchev–Trinajstić information content (AvgIpc) is 3.05. The molecule has 1 aromatic rings. The van der Waals surface area contributed by atoms with Gasteiger partial charge in [-0.1, -0.05) is 34.6 Å². The van der Waals surface area contributed by atoms with Crippen LogP contribution in [0.1, 0.15) is 66.1 Å². The third-order valence-corrected chi connectivity index (χ3v) is 5.15. The molecule has 0 aliphatic heterocycles. The van der Waals surface area contributed by atoms with Gasteiger partial charge in [0.05, 0.1) is 11.7 Å². The molecule has 22 heavy (non-hydrogen) atoms. The van der Waals surface area contributed by atoms with E-state index in [2.05, 4.69) is 29.1 Å². The lowest BCUT2D eigenvalue weighted by Crippen LogP contribution is -2.60. The Bertz CT molecular complexity index is 447. The average molecular weight is 308 g/mol. The van der Waals surface area contributed by atoms with Crippen molar-refractivity contribution in [2.45, 2.75) is 78.4 Å². The summed E-state index contributed by atoms with van der Waals surface area (Å²) < 4.78 is 0. The Morgan fingerprint density at radius 2 is 1.86 bits per heavy atom. The number of ketones is 1. The van der Waals surface area contributed by atoms with Crippen molar-refractivity contribution in [3.8, 4) is 0 Å². The second-order valence-electron chi connectivity index (χ2n) is 6.43. The van der Waals surface area contributed by atoms with E-state index >= 15 is 0 Å². The lowest BCUT2D eigenvalue weighted by atomic mass is 9.76. The van der Waals surface area contributed by atoms with Crippen molar-refractivity contribution in [3.05, 3.63) is 18.2 Å². The van der Waals surface area contributed by atoms with Gasteiger partial charge in [0.2, 0.25) is 0 Å². The maximum atomic E-state index is 13.1. The van der Waals surface area contributed by atoms with E-state index < -0.39 is 5.66 Å². The van der Waals surface area contributed by atoms with Crippen molar-refractivity contribution in [3.63, 3.8) is 0 Å². The molecule has 1 unspecified atom stereocenters. The van der Waals surface area contributed by atoms with Crippen LogP contribution >= 0.6 is 0 Å². The molecule has 1 rings (SSSR count). The van der Waals surface area contributed by atoms with Crippen LogP contribution in [0, 0.1) is 5.41 Å². The summed E-state index contributed by atoms with van der Waals surface area (Å²) in [5.74, 6) is 1.04. The van der Waals surface area contributed by atoms with E-state index in [1.807, 2.05) is 20.8 Å². The van der Waals surface area contributed by atoms with E-state index in [0.29, 0.717) is 6.42 Å². The third kappa shape index (κ3) is 4.40. The fraction of sp³-hybridized carbons (Fsp3) is 0.765. The standard InChI is InChI=1S/C17H32N4O/c1-6-16(5,7-2)15(22)13(12-14-19-10-11-20-14)21-17(18,8-3)9-4/h10-11,13,21H,6-9,12,18H2,1-5H3,(H,19,20). The molecule has 0 amide bonds. The number of H-pyrrole nitrogens is 1. The first-order chi connectivity index (χ1) is 10.3. The van der Waals surface area contributed by atoms with E-state index in [1.165, 1.54) is 0 Å². The number of nitrogens with one attached hydrogen (secondary N) is 2. The summed E-state index contributed by atoms with van der Waals surface area (Å²) in [6.07, 6.45) is 7.25. The number of imidazole rings is 1. The molecule has 0 bridgehead atoms. The zero-order chi connectivity index (χ0) is 16.8. The maximum absolute atomic E-state index is 13.1. The van der Waals surface area contributed by atoms with Crippen LogP contribution in [-0.2, 0) is 11.2 Å². The zero-order valence-electron chi connectivity index (χ0n) is 14.7. The van der Waals surface area contributed by atoms with E-state index in [4.69, 9.17) is 5.73 Å². The van der Waals surface area contributed by atoms with Gasteiger partial charge in [-0.25, -0.2) is 4.98 Å². The molecule has 1 heterocycles. The molecule has 126 valence electrons. The zero-order valence-corrected chi connectivity index (χ0v) is 14.7. The van der Waals surface area contributed by atoms with Crippen LogP contribution in [0.2, 0.25) is 0 Å². The van der Waals surface area contributed by atoms with Crippen LogP contribution in [0.5, 0.6) is 0 Å². The van der Waals surface area contributed by atoms with E-state index in [-0.39, 0.29) is 17.2 Å². The van der Waals surface area contributed by atoms with Crippen molar-refractivity contribution in [2.75, 3.05) is 0 Å². The highest BCUT2D eigenvalue weighted by Gasteiger charge is 2.38. The minimum Gasteiger partial charge on any atom is -0.349 e. The SMILES string of the molecule is CCC(N)(CC)NC(Cc1ncc[nH]1)C(=O)C(C)(CC)CC. The summed E-state index contributed by atoms with van der Waals surface area (Å²) in [6.45, 7) is 10.3. The van der Waals surface area contributed by atoms with Crippen LogP contribution in [-0.4, -0.2) is 27.5 Å². The largest absolute Gasteiger partial charge is 0.349 e. The number of carbonyl (C=O) groups is 1. The molecule has 0 aliphatic rings. The summed E-state index contributed by atoms with van der Waals surface area (Å²) in [7, 11) is 0. The van der Waals surface area contributed by atoms with E-state index in [0.717, 1.165) is 31.5 Å². The Labute approximate surface area is 134 Å². The van der Waals surface area contributed by atoms with Crippen LogP contribution < -0.4 is 11.1 Å². The fourth-order valence-electron chi connectivity index (χ4n) is 2.63. The highest BCUT2D eigenvalue weighted by molar-refractivity contribution is 5.89. The number of hydrogen-bond acceptors (Lipinski definition) is 4. The van der Waals surface area contributed by atoms with Gasteiger partial charge in [0.25, 0.3) is 0 Å². The van der Waals surface area contributed by atoms with Gasteiger partial charge in [-0.2, -0.15) is 0 Å². The van der Waals surface area contributed by atoms with Crippen LogP contribution in [0.15, 0.2) is 12.4 Å². The molecular formula is C17H32N4O. The number of aromatic nitrogens is 2. The van der Waals surface area contributed by atoms with Crippen molar-refractivity contribution < 1.29 is 4.79 Å². The number of nitrogens with two attached hydrogens (primary N) is 1. The topological polar surface area (TPSA) is 83.8 Å². The second kappa shape index (κ2) is 7.88. The second-order valence-corrected chi connectivity index (χ2v) is 6.43. The van der Waals surface area contributed by atoms with Gasteiger partial charge in [0.15, 0.2) is 5.78 Å². The number of hydrogen-bond donors (Lipinski definition) is 3.